The Morgan fingerprint density at radius 3 is 2.50 bits per heavy atom. The van der Waals surface area contributed by atoms with Gasteiger partial charge in [-0.1, -0.05) is 17.7 Å². The number of ether oxygens (including phenoxy) is 2. The molecule has 0 aliphatic carbocycles. The van der Waals surface area contributed by atoms with Crippen molar-refractivity contribution in [1.82, 2.24) is 0 Å². The summed E-state index contributed by atoms with van der Waals surface area (Å²) < 4.78 is 38.6. The molecule has 1 aliphatic rings. The Kier molecular flexibility index (Phi) is 3.50. The predicted octanol–water partition coefficient (Wildman–Crippen LogP) is 1.82. The summed E-state index contributed by atoms with van der Waals surface area (Å²) in [5, 5.41) is 0. The molecule has 0 saturated heterocycles. The molecular weight excluding hydrogens is 304 g/mol. The highest BCUT2D eigenvalue weighted by Gasteiger charge is 2.17. The van der Waals surface area contributed by atoms with Crippen LogP contribution >= 0.6 is 0 Å². The van der Waals surface area contributed by atoms with Crippen LogP contribution in [0, 0.1) is 6.92 Å². The number of hydrogen-bond acceptors (Lipinski definition) is 4. The Labute approximate surface area is 128 Å². The second-order valence-corrected chi connectivity index (χ2v) is 6.44. The minimum Gasteiger partial charge on any atom is -0.454 e. The van der Waals surface area contributed by atoms with Gasteiger partial charge in [0.1, 0.15) is 5.84 Å². The van der Waals surface area contributed by atoms with Gasteiger partial charge < -0.3 is 15.2 Å². The molecule has 0 aromatic heterocycles. The van der Waals surface area contributed by atoms with Gasteiger partial charge in [0.25, 0.3) is 10.0 Å². The van der Waals surface area contributed by atoms with Gasteiger partial charge in [-0.05, 0) is 37.3 Å². The minimum absolute atomic E-state index is 0.0983. The number of amidine groups is 1. The van der Waals surface area contributed by atoms with E-state index in [1.54, 1.807) is 30.3 Å². The summed E-state index contributed by atoms with van der Waals surface area (Å²) in [4.78, 5) is 0.0989. The average Bonchev–Trinajstić information content (AvgIpc) is 2.94. The molecule has 0 atom stereocenters. The van der Waals surface area contributed by atoms with Crippen LogP contribution in [0.4, 0.5) is 0 Å². The molecule has 0 spiro atoms. The molecule has 0 amide bonds. The molecule has 0 saturated carbocycles. The summed E-state index contributed by atoms with van der Waals surface area (Å²) in [5.41, 5.74) is 7.24. The van der Waals surface area contributed by atoms with Gasteiger partial charge in [0.05, 0.1) is 4.90 Å². The molecule has 0 unspecified atom stereocenters. The zero-order valence-electron chi connectivity index (χ0n) is 11.8. The van der Waals surface area contributed by atoms with Crippen LogP contribution in [0.15, 0.2) is 51.8 Å². The number of aryl methyl sites for hydroxylation is 1. The maximum atomic E-state index is 12.2. The van der Waals surface area contributed by atoms with Gasteiger partial charge in [0, 0.05) is 5.56 Å². The SMILES string of the molecule is Cc1ccc(S(=O)(=O)N=C(N)c2ccc3c(c2)OCO3)cc1. The number of nitrogens with two attached hydrogens (primary N) is 1. The zero-order chi connectivity index (χ0) is 15.7. The first-order chi connectivity index (χ1) is 10.5. The van der Waals surface area contributed by atoms with Gasteiger partial charge in [0.15, 0.2) is 11.5 Å². The Bertz CT molecular complexity index is 842. The summed E-state index contributed by atoms with van der Waals surface area (Å²) in [6.45, 7) is 2.01. The molecule has 2 aromatic rings. The lowest BCUT2D eigenvalue weighted by Gasteiger charge is -2.04. The van der Waals surface area contributed by atoms with Crippen LogP contribution in [-0.4, -0.2) is 21.0 Å². The van der Waals surface area contributed by atoms with E-state index in [9.17, 15) is 8.42 Å². The summed E-state index contributed by atoms with van der Waals surface area (Å²) in [6.07, 6.45) is 0. The fourth-order valence-corrected chi connectivity index (χ4v) is 2.95. The van der Waals surface area contributed by atoms with Crippen LogP contribution in [0.25, 0.3) is 0 Å². The summed E-state index contributed by atoms with van der Waals surface area (Å²) in [6, 6.07) is 11.3. The van der Waals surface area contributed by atoms with E-state index < -0.39 is 10.0 Å². The molecule has 2 N–H and O–H groups in total. The first-order valence-corrected chi connectivity index (χ1v) is 7.97. The number of sulfonamides is 1. The summed E-state index contributed by atoms with van der Waals surface area (Å²) >= 11 is 0. The number of nitrogens with zero attached hydrogens (tertiary/aromatic N) is 1. The second-order valence-electron chi connectivity index (χ2n) is 4.83. The average molecular weight is 318 g/mol. The number of hydrogen-bond donors (Lipinski definition) is 1. The van der Waals surface area contributed by atoms with Crippen LogP contribution in [-0.2, 0) is 10.0 Å². The molecule has 22 heavy (non-hydrogen) atoms. The molecule has 114 valence electrons. The lowest BCUT2D eigenvalue weighted by atomic mass is 10.2. The topological polar surface area (TPSA) is 91.0 Å². The normalized spacial score (nSPS) is 14.1. The van der Waals surface area contributed by atoms with Crippen molar-refractivity contribution in [3.63, 3.8) is 0 Å². The van der Waals surface area contributed by atoms with Gasteiger partial charge in [-0.3, -0.25) is 0 Å². The number of fused-ring (bicyclic) bond motifs is 1. The van der Waals surface area contributed by atoms with Crippen molar-refractivity contribution >= 4 is 15.9 Å². The molecule has 1 aliphatic heterocycles. The van der Waals surface area contributed by atoms with Crippen LogP contribution in [0.5, 0.6) is 11.5 Å². The van der Waals surface area contributed by atoms with E-state index in [1.165, 1.54) is 12.1 Å². The molecular formula is C15H14N2O4S. The van der Waals surface area contributed by atoms with E-state index in [4.69, 9.17) is 15.2 Å². The van der Waals surface area contributed by atoms with Gasteiger partial charge >= 0.3 is 0 Å². The molecule has 0 bridgehead atoms. The van der Waals surface area contributed by atoms with E-state index in [-0.39, 0.29) is 17.5 Å². The molecule has 0 radical (unpaired) electrons. The third-order valence-corrected chi connectivity index (χ3v) is 4.51. The van der Waals surface area contributed by atoms with Crippen molar-refractivity contribution < 1.29 is 17.9 Å². The minimum atomic E-state index is -3.85. The van der Waals surface area contributed by atoms with E-state index in [2.05, 4.69) is 4.40 Å². The fraction of sp³-hybridized carbons (Fsp3) is 0.133. The summed E-state index contributed by atoms with van der Waals surface area (Å²) in [7, 11) is -3.85. The fourth-order valence-electron chi connectivity index (χ4n) is 2.00. The molecule has 7 heteroatoms. The Morgan fingerprint density at radius 2 is 1.77 bits per heavy atom. The lowest BCUT2D eigenvalue weighted by Crippen LogP contribution is -2.16. The van der Waals surface area contributed by atoms with Gasteiger partial charge in [-0.2, -0.15) is 8.42 Å². The molecule has 3 rings (SSSR count). The first kappa shape index (κ1) is 14.4. The van der Waals surface area contributed by atoms with E-state index in [0.29, 0.717) is 17.1 Å². The van der Waals surface area contributed by atoms with Crippen LogP contribution in [0.3, 0.4) is 0 Å². The second kappa shape index (κ2) is 5.34. The van der Waals surface area contributed by atoms with Crippen molar-refractivity contribution in [2.45, 2.75) is 11.8 Å². The highest BCUT2D eigenvalue weighted by molar-refractivity contribution is 7.90. The third-order valence-electron chi connectivity index (χ3n) is 3.21. The van der Waals surface area contributed by atoms with Crippen molar-refractivity contribution in [2.24, 2.45) is 10.1 Å². The Balaban J connectivity index is 1.95. The quantitative estimate of drug-likeness (QED) is 0.688. The highest BCUT2D eigenvalue weighted by atomic mass is 32.2. The van der Waals surface area contributed by atoms with Crippen molar-refractivity contribution in [2.75, 3.05) is 6.79 Å². The standard InChI is InChI=1S/C15H14N2O4S/c1-10-2-5-12(6-3-10)22(18,19)17-15(16)11-4-7-13-14(8-11)21-9-20-13/h2-8H,9H2,1H3,(H2,16,17). The first-order valence-electron chi connectivity index (χ1n) is 6.53. The molecule has 6 nitrogen and oxygen atoms in total. The van der Waals surface area contributed by atoms with Crippen LogP contribution < -0.4 is 15.2 Å². The maximum absolute atomic E-state index is 12.2. The van der Waals surface area contributed by atoms with Gasteiger partial charge in [-0.15, -0.1) is 4.40 Å². The zero-order valence-corrected chi connectivity index (χ0v) is 12.6. The van der Waals surface area contributed by atoms with Crippen molar-refractivity contribution in [3.05, 3.63) is 53.6 Å². The Hall–Kier alpha value is -2.54. The van der Waals surface area contributed by atoms with E-state index in [0.717, 1.165) is 5.56 Å². The monoisotopic (exact) mass is 318 g/mol. The van der Waals surface area contributed by atoms with E-state index in [1.807, 2.05) is 6.92 Å². The number of rotatable bonds is 3. The van der Waals surface area contributed by atoms with Crippen LogP contribution in [0.1, 0.15) is 11.1 Å². The maximum Gasteiger partial charge on any atom is 0.284 e. The smallest absolute Gasteiger partial charge is 0.284 e. The highest BCUT2D eigenvalue weighted by Crippen LogP contribution is 2.32. The van der Waals surface area contributed by atoms with Gasteiger partial charge in [0.2, 0.25) is 6.79 Å². The van der Waals surface area contributed by atoms with E-state index >= 15 is 0 Å². The Morgan fingerprint density at radius 1 is 1.09 bits per heavy atom. The largest absolute Gasteiger partial charge is 0.454 e. The molecule has 2 aromatic carbocycles. The van der Waals surface area contributed by atoms with Crippen molar-refractivity contribution in [3.8, 4) is 11.5 Å². The molecule has 1 heterocycles. The van der Waals surface area contributed by atoms with Crippen LogP contribution in [0.2, 0.25) is 0 Å². The van der Waals surface area contributed by atoms with Crippen molar-refractivity contribution in [1.29, 1.82) is 0 Å². The number of benzene rings is 2. The third kappa shape index (κ3) is 2.75. The van der Waals surface area contributed by atoms with Gasteiger partial charge in [-0.25, -0.2) is 0 Å². The molecule has 0 fully saturated rings. The predicted molar refractivity (Wildman–Crippen MR) is 81.7 cm³/mol. The summed E-state index contributed by atoms with van der Waals surface area (Å²) in [5.74, 6) is 1.01. The lowest BCUT2D eigenvalue weighted by molar-refractivity contribution is 0.174.